The maximum atomic E-state index is 12.7. The monoisotopic (exact) mass is 530 g/mol. The van der Waals surface area contributed by atoms with Crippen molar-refractivity contribution in [3.05, 3.63) is 80.0 Å². The lowest BCUT2D eigenvalue weighted by molar-refractivity contribution is 0.284. The Morgan fingerprint density at radius 3 is 2.39 bits per heavy atom. The Kier molecular flexibility index (Phi) is 6.03. The van der Waals surface area contributed by atoms with Gasteiger partial charge in [-0.2, -0.15) is 0 Å². The van der Waals surface area contributed by atoms with Crippen LogP contribution in [-0.4, -0.2) is 19.3 Å². The molecule has 0 aliphatic rings. The first-order valence-electron chi connectivity index (χ1n) is 9.40. The highest BCUT2D eigenvalue weighted by Gasteiger charge is 2.18. The van der Waals surface area contributed by atoms with Crippen molar-refractivity contribution >= 4 is 33.6 Å². The zero-order valence-corrected chi connectivity index (χ0v) is 19.0. The summed E-state index contributed by atoms with van der Waals surface area (Å²) in [6, 6.07) is 18.1. The molecular weight excluding hydrogens is 511 g/mol. The minimum atomic E-state index is -0.349. The fourth-order valence-electron chi connectivity index (χ4n) is 3.22. The van der Waals surface area contributed by atoms with Crippen molar-refractivity contribution in [1.82, 2.24) is 0 Å². The maximum Gasteiger partial charge on any atom is 0.197 e. The number of benzene rings is 3. The van der Waals surface area contributed by atoms with Gasteiger partial charge in [-0.15, -0.1) is 0 Å². The quantitative estimate of drug-likeness (QED) is 0.338. The van der Waals surface area contributed by atoms with Crippen LogP contribution >= 0.6 is 22.6 Å². The third-order valence-corrected chi connectivity index (χ3v) is 5.85. The summed E-state index contributed by atoms with van der Waals surface area (Å²) >= 11 is 1.93. The molecule has 0 radical (unpaired) electrons. The van der Waals surface area contributed by atoms with Gasteiger partial charge < -0.3 is 23.7 Å². The third kappa shape index (κ3) is 4.18. The molecule has 0 amide bonds. The number of methoxy groups -OCH3 is 2. The molecule has 1 aromatic heterocycles. The van der Waals surface area contributed by atoms with Crippen LogP contribution in [0.15, 0.2) is 69.9 Å². The molecular formula is C24H19IO6. The number of hydrogen-bond acceptors (Lipinski definition) is 6. The van der Waals surface area contributed by atoms with Crippen LogP contribution in [0.3, 0.4) is 0 Å². The summed E-state index contributed by atoms with van der Waals surface area (Å²) in [5.41, 5.74) is 1.57. The molecule has 4 aromatic rings. The molecule has 1 N–H and O–H groups in total. The second-order valence-corrected chi connectivity index (χ2v) is 7.81. The van der Waals surface area contributed by atoms with Gasteiger partial charge in [0.2, 0.25) is 0 Å². The van der Waals surface area contributed by atoms with Gasteiger partial charge in [-0.25, -0.2) is 0 Å². The van der Waals surface area contributed by atoms with E-state index in [1.165, 1.54) is 13.2 Å². The van der Waals surface area contributed by atoms with E-state index in [9.17, 15) is 9.90 Å². The van der Waals surface area contributed by atoms with Crippen molar-refractivity contribution in [1.29, 1.82) is 0 Å². The first-order chi connectivity index (χ1) is 15.0. The summed E-state index contributed by atoms with van der Waals surface area (Å²) in [7, 11) is 3.04. The van der Waals surface area contributed by atoms with Crippen molar-refractivity contribution < 1.29 is 23.7 Å². The van der Waals surface area contributed by atoms with Gasteiger partial charge >= 0.3 is 0 Å². The highest BCUT2D eigenvalue weighted by Crippen LogP contribution is 2.38. The maximum absolute atomic E-state index is 12.7. The number of fused-ring (bicyclic) bond motifs is 1. The summed E-state index contributed by atoms with van der Waals surface area (Å²) in [5, 5.41) is 10.5. The lowest BCUT2D eigenvalue weighted by atomic mass is 10.1. The van der Waals surface area contributed by atoms with Crippen LogP contribution in [0.2, 0.25) is 0 Å². The van der Waals surface area contributed by atoms with E-state index in [1.807, 2.05) is 52.9 Å². The van der Waals surface area contributed by atoms with E-state index in [0.717, 1.165) is 5.56 Å². The lowest BCUT2D eigenvalue weighted by Gasteiger charge is -2.13. The van der Waals surface area contributed by atoms with E-state index in [0.29, 0.717) is 38.7 Å². The number of halogens is 1. The SMILES string of the molecule is COc1cc(-c2cc(=O)c3c(O)c(I)c(OC)cc3o2)ccc1OCc1ccccc1. The van der Waals surface area contributed by atoms with Crippen molar-refractivity contribution in [2.75, 3.05) is 14.2 Å². The van der Waals surface area contributed by atoms with Gasteiger partial charge in [0.25, 0.3) is 0 Å². The van der Waals surface area contributed by atoms with Crippen molar-refractivity contribution in [3.8, 4) is 34.3 Å². The van der Waals surface area contributed by atoms with E-state index in [4.69, 9.17) is 18.6 Å². The van der Waals surface area contributed by atoms with E-state index >= 15 is 0 Å². The molecule has 0 saturated heterocycles. The average Bonchev–Trinajstić information content (AvgIpc) is 2.80. The molecule has 0 spiro atoms. The summed E-state index contributed by atoms with van der Waals surface area (Å²) in [6.45, 7) is 0.402. The van der Waals surface area contributed by atoms with Crippen molar-refractivity contribution in [2.24, 2.45) is 0 Å². The molecule has 0 aliphatic heterocycles. The van der Waals surface area contributed by atoms with E-state index < -0.39 is 0 Å². The number of phenolic OH excluding ortho intramolecular Hbond substituents is 1. The summed E-state index contributed by atoms with van der Waals surface area (Å²) < 4.78 is 23.0. The molecule has 4 rings (SSSR count). The lowest BCUT2D eigenvalue weighted by Crippen LogP contribution is -2.03. The Hall–Kier alpha value is -3.20. The van der Waals surface area contributed by atoms with Gasteiger partial charge in [0.1, 0.15) is 34.8 Å². The second kappa shape index (κ2) is 8.89. The predicted octanol–water partition coefficient (Wildman–Crippen LogP) is 5.37. The highest BCUT2D eigenvalue weighted by molar-refractivity contribution is 14.1. The van der Waals surface area contributed by atoms with E-state index in [1.54, 1.807) is 31.4 Å². The fraction of sp³-hybridized carbons (Fsp3) is 0.125. The van der Waals surface area contributed by atoms with Gasteiger partial charge in [0.15, 0.2) is 16.9 Å². The molecule has 31 heavy (non-hydrogen) atoms. The number of hydrogen-bond donors (Lipinski definition) is 1. The van der Waals surface area contributed by atoms with Crippen LogP contribution in [0.4, 0.5) is 0 Å². The molecule has 7 heteroatoms. The molecule has 1 heterocycles. The first kappa shape index (κ1) is 21.0. The average molecular weight is 530 g/mol. The highest BCUT2D eigenvalue weighted by atomic mass is 127. The Morgan fingerprint density at radius 1 is 0.935 bits per heavy atom. The molecule has 6 nitrogen and oxygen atoms in total. The van der Waals surface area contributed by atoms with Gasteiger partial charge in [-0.3, -0.25) is 4.79 Å². The molecule has 0 unspecified atom stereocenters. The molecule has 0 saturated carbocycles. The van der Waals surface area contributed by atoms with Crippen molar-refractivity contribution in [2.45, 2.75) is 6.61 Å². The Balaban J connectivity index is 1.72. The summed E-state index contributed by atoms with van der Waals surface area (Å²) in [6.07, 6.45) is 0. The van der Waals surface area contributed by atoms with E-state index in [2.05, 4.69) is 0 Å². The van der Waals surface area contributed by atoms with Crippen LogP contribution in [0, 0.1) is 3.57 Å². The molecule has 3 aromatic carbocycles. The summed E-state index contributed by atoms with van der Waals surface area (Å²) in [5.74, 6) is 1.70. The zero-order valence-electron chi connectivity index (χ0n) is 16.8. The van der Waals surface area contributed by atoms with Crippen LogP contribution in [0.25, 0.3) is 22.3 Å². The standard InChI is InChI=1S/C24H19IO6/c1-28-19-10-15(8-9-17(19)30-13-14-6-4-3-5-7-14)18-11-16(26)22-20(31-18)12-21(29-2)23(25)24(22)27/h3-12,27H,13H2,1-2H3. The normalized spacial score (nSPS) is 10.8. The van der Waals surface area contributed by atoms with E-state index in [-0.39, 0.29) is 22.1 Å². The Bertz CT molecular complexity index is 1300. The summed E-state index contributed by atoms with van der Waals surface area (Å²) in [4.78, 5) is 12.7. The third-order valence-electron chi connectivity index (χ3n) is 4.80. The Labute approximate surface area is 192 Å². The largest absolute Gasteiger partial charge is 0.506 e. The van der Waals surface area contributed by atoms with Gasteiger partial charge in [0.05, 0.1) is 17.8 Å². The van der Waals surface area contributed by atoms with Crippen molar-refractivity contribution in [3.63, 3.8) is 0 Å². The fourth-order valence-corrected chi connectivity index (χ4v) is 3.87. The van der Waals surface area contributed by atoms with Gasteiger partial charge in [-0.05, 0) is 46.4 Å². The minimum absolute atomic E-state index is 0.115. The van der Waals surface area contributed by atoms with Crippen LogP contribution in [0.5, 0.6) is 23.0 Å². The smallest absolute Gasteiger partial charge is 0.197 e. The molecule has 0 fully saturated rings. The number of phenols is 1. The Morgan fingerprint density at radius 2 is 1.68 bits per heavy atom. The molecule has 158 valence electrons. The van der Waals surface area contributed by atoms with Crippen LogP contribution < -0.4 is 19.6 Å². The topological polar surface area (TPSA) is 78.1 Å². The van der Waals surface area contributed by atoms with Gasteiger partial charge in [0, 0.05) is 17.7 Å². The van der Waals surface area contributed by atoms with Crippen LogP contribution in [-0.2, 0) is 6.61 Å². The zero-order chi connectivity index (χ0) is 22.0. The first-order valence-corrected chi connectivity index (χ1v) is 10.5. The molecule has 0 atom stereocenters. The molecule has 0 aliphatic carbocycles. The number of ether oxygens (including phenoxy) is 3. The van der Waals surface area contributed by atoms with Crippen LogP contribution in [0.1, 0.15) is 5.56 Å². The number of rotatable bonds is 6. The predicted molar refractivity (Wildman–Crippen MR) is 126 cm³/mol. The van der Waals surface area contributed by atoms with Gasteiger partial charge in [-0.1, -0.05) is 30.3 Å². The molecule has 0 bridgehead atoms. The minimum Gasteiger partial charge on any atom is -0.506 e. The number of aromatic hydroxyl groups is 1. The second-order valence-electron chi connectivity index (χ2n) is 6.73.